The summed E-state index contributed by atoms with van der Waals surface area (Å²) in [5, 5.41) is 8.61. The molecule has 0 aliphatic rings. The number of sulfonamides is 1. The molecule has 0 spiro atoms. The maximum Gasteiger partial charge on any atom is 0.210 e. The molecule has 0 amide bonds. The van der Waals surface area contributed by atoms with Crippen molar-refractivity contribution in [2.24, 2.45) is 5.14 Å². The number of nitrogens with one attached hydrogen (secondary N) is 1. The van der Waals surface area contributed by atoms with E-state index in [1.165, 1.54) is 0 Å². The minimum absolute atomic E-state index is 0.00421. The van der Waals surface area contributed by atoms with Crippen LogP contribution in [0, 0.1) is 0 Å². The molecule has 0 fully saturated rings. The molecule has 90 valence electrons. The Morgan fingerprint density at radius 2 is 2.06 bits per heavy atom. The van der Waals surface area contributed by atoms with Crippen LogP contribution in [-0.2, 0) is 10.0 Å². The summed E-state index contributed by atoms with van der Waals surface area (Å²) in [6, 6.07) is 7.43. The van der Waals surface area contributed by atoms with E-state index in [0.717, 1.165) is 5.56 Å². The number of nitrogens with two attached hydrogens (primary N) is 1. The molecule has 0 aliphatic heterocycles. The van der Waals surface area contributed by atoms with E-state index in [1.807, 2.05) is 25.1 Å². The molecule has 1 aromatic carbocycles. The second-order valence-electron chi connectivity index (χ2n) is 3.56. The van der Waals surface area contributed by atoms with Gasteiger partial charge < -0.3 is 5.32 Å². The lowest BCUT2D eigenvalue weighted by molar-refractivity contribution is 0.573. The van der Waals surface area contributed by atoms with Gasteiger partial charge in [0, 0.05) is 17.6 Å². The highest BCUT2D eigenvalue weighted by molar-refractivity contribution is 7.89. The van der Waals surface area contributed by atoms with E-state index in [9.17, 15) is 8.42 Å². The quantitative estimate of drug-likeness (QED) is 0.840. The van der Waals surface area contributed by atoms with Gasteiger partial charge in [-0.25, -0.2) is 13.6 Å². The van der Waals surface area contributed by atoms with Crippen molar-refractivity contribution in [1.29, 1.82) is 0 Å². The highest BCUT2D eigenvalue weighted by atomic mass is 35.5. The summed E-state index contributed by atoms with van der Waals surface area (Å²) in [6.07, 6.45) is 0. The van der Waals surface area contributed by atoms with E-state index < -0.39 is 10.0 Å². The Morgan fingerprint density at radius 3 is 2.62 bits per heavy atom. The van der Waals surface area contributed by atoms with Crippen molar-refractivity contribution in [1.82, 2.24) is 5.32 Å². The zero-order chi connectivity index (χ0) is 12.2. The van der Waals surface area contributed by atoms with E-state index >= 15 is 0 Å². The van der Waals surface area contributed by atoms with Crippen LogP contribution in [0.4, 0.5) is 0 Å². The predicted molar refractivity (Wildman–Crippen MR) is 65.8 cm³/mol. The molecule has 16 heavy (non-hydrogen) atoms. The maximum absolute atomic E-state index is 10.7. The van der Waals surface area contributed by atoms with Gasteiger partial charge in [0.15, 0.2) is 0 Å². The summed E-state index contributed by atoms with van der Waals surface area (Å²) in [4.78, 5) is 0. The smallest absolute Gasteiger partial charge is 0.210 e. The van der Waals surface area contributed by atoms with Gasteiger partial charge in [0.25, 0.3) is 0 Å². The molecule has 4 nitrogen and oxygen atoms in total. The fraction of sp³-hybridized carbons (Fsp3) is 0.400. The van der Waals surface area contributed by atoms with Gasteiger partial charge in [0.05, 0.1) is 5.75 Å². The normalized spacial score (nSPS) is 13.7. The van der Waals surface area contributed by atoms with Crippen LogP contribution in [0.5, 0.6) is 0 Å². The van der Waals surface area contributed by atoms with Crippen LogP contribution >= 0.6 is 11.6 Å². The third-order valence-electron chi connectivity index (χ3n) is 2.21. The largest absolute Gasteiger partial charge is 0.309 e. The molecular weight excluding hydrogens is 248 g/mol. The Hall–Kier alpha value is -0.620. The van der Waals surface area contributed by atoms with Gasteiger partial charge in [0.2, 0.25) is 10.0 Å². The molecule has 3 N–H and O–H groups in total. The Kier molecular flexibility index (Phi) is 4.73. The Bertz CT molecular complexity index is 448. The summed E-state index contributed by atoms with van der Waals surface area (Å²) >= 11 is 6.01. The van der Waals surface area contributed by atoms with E-state index in [0.29, 0.717) is 11.6 Å². The summed E-state index contributed by atoms with van der Waals surface area (Å²) in [6.45, 7) is 2.23. The van der Waals surface area contributed by atoms with Gasteiger partial charge >= 0.3 is 0 Å². The van der Waals surface area contributed by atoms with Crippen molar-refractivity contribution in [2.75, 3.05) is 12.3 Å². The van der Waals surface area contributed by atoms with Gasteiger partial charge in [-0.2, -0.15) is 0 Å². The molecule has 1 aromatic rings. The first-order chi connectivity index (χ1) is 7.40. The van der Waals surface area contributed by atoms with Crippen LogP contribution in [0.25, 0.3) is 0 Å². The molecule has 1 atom stereocenters. The lowest BCUT2D eigenvalue weighted by atomic mass is 10.1. The van der Waals surface area contributed by atoms with E-state index in [2.05, 4.69) is 5.32 Å². The number of halogens is 1. The van der Waals surface area contributed by atoms with Crippen molar-refractivity contribution in [3.8, 4) is 0 Å². The fourth-order valence-corrected chi connectivity index (χ4v) is 2.06. The standard InChI is InChI=1S/C10H15ClN2O2S/c1-8(13-6-7-16(12,14)15)9-4-2-3-5-10(9)11/h2-5,8,13H,6-7H2,1H3,(H2,12,14,15)/t8-/m0/s1. The van der Waals surface area contributed by atoms with Crippen molar-refractivity contribution in [3.63, 3.8) is 0 Å². The molecule has 0 unspecified atom stereocenters. The SMILES string of the molecule is C[C@H](NCCS(N)(=O)=O)c1ccccc1Cl. The van der Waals surface area contributed by atoms with Gasteiger partial charge in [0.1, 0.15) is 0 Å². The van der Waals surface area contributed by atoms with E-state index in [-0.39, 0.29) is 11.8 Å². The van der Waals surface area contributed by atoms with Gasteiger partial charge in [-0.3, -0.25) is 0 Å². The van der Waals surface area contributed by atoms with Crippen LogP contribution < -0.4 is 10.5 Å². The number of hydrogen-bond donors (Lipinski definition) is 2. The third-order valence-corrected chi connectivity index (χ3v) is 3.33. The Morgan fingerprint density at radius 1 is 1.44 bits per heavy atom. The molecule has 1 rings (SSSR count). The molecule has 0 bridgehead atoms. The zero-order valence-corrected chi connectivity index (χ0v) is 10.6. The maximum atomic E-state index is 10.7. The molecule has 6 heteroatoms. The molecule has 0 saturated heterocycles. The van der Waals surface area contributed by atoms with Gasteiger partial charge in [-0.15, -0.1) is 0 Å². The monoisotopic (exact) mass is 262 g/mol. The minimum atomic E-state index is -3.41. The lowest BCUT2D eigenvalue weighted by Crippen LogP contribution is -2.29. The minimum Gasteiger partial charge on any atom is -0.309 e. The summed E-state index contributed by atoms with van der Waals surface area (Å²) < 4.78 is 21.5. The molecular formula is C10H15ClN2O2S. The zero-order valence-electron chi connectivity index (χ0n) is 8.98. The van der Waals surface area contributed by atoms with Crippen molar-refractivity contribution in [3.05, 3.63) is 34.9 Å². The Labute approximate surface area is 101 Å². The first kappa shape index (κ1) is 13.4. The molecule has 0 aromatic heterocycles. The Balaban J connectivity index is 2.54. The van der Waals surface area contributed by atoms with Crippen LogP contribution in [0.1, 0.15) is 18.5 Å². The fourth-order valence-electron chi connectivity index (χ4n) is 1.35. The van der Waals surface area contributed by atoms with Gasteiger partial charge in [-0.05, 0) is 18.6 Å². The highest BCUT2D eigenvalue weighted by Gasteiger charge is 2.09. The van der Waals surface area contributed by atoms with Crippen molar-refractivity contribution < 1.29 is 8.42 Å². The van der Waals surface area contributed by atoms with Crippen molar-refractivity contribution >= 4 is 21.6 Å². The highest BCUT2D eigenvalue weighted by Crippen LogP contribution is 2.21. The second-order valence-corrected chi connectivity index (χ2v) is 5.71. The van der Waals surface area contributed by atoms with E-state index in [4.69, 9.17) is 16.7 Å². The average Bonchev–Trinajstić information content (AvgIpc) is 2.16. The topological polar surface area (TPSA) is 72.2 Å². The first-order valence-electron chi connectivity index (χ1n) is 4.88. The summed E-state index contributed by atoms with van der Waals surface area (Å²) in [5.41, 5.74) is 0.943. The molecule has 0 saturated carbocycles. The first-order valence-corrected chi connectivity index (χ1v) is 6.98. The molecule has 0 aliphatic carbocycles. The van der Waals surface area contributed by atoms with Crippen LogP contribution in [0.3, 0.4) is 0 Å². The van der Waals surface area contributed by atoms with Crippen molar-refractivity contribution in [2.45, 2.75) is 13.0 Å². The third kappa shape index (κ3) is 4.49. The molecule has 0 heterocycles. The van der Waals surface area contributed by atoms with Gasteiger partial charge in [-0.1, -0.05) is 29.8 Å². The summed E-state index contributed by atoms with van der Waals surface area (Å²) in [5.74, 6) is -0.0816. The summed E-state index contributed by atoms with van der Waals surface area (Å²) in [7, 11) is -3.41. The number of benzene rings is 1. The second kappa shape index (κ2) is 5.63. The number of rotatable bonds is 5. The van der Waals surface area contributed by atoms with Crippen LogP contribution in [0.15, 0.2) is 24.3 Å². The van der Waals surface area contributed by atoms with Crippen LogP contribution in [0.2, 0.25) is 5.02 Å². The van der Waals surface area contributed by atoms with E-state index in [1.54, 1.807) is 6.07 Å². The number of hydrogen-bond acceptors (Lipinski definition) is 3. The number of primary sulfonamides is 1. The lowest BCUT2D eigenvalue weighted by Gasteiger charge is -2.15. The van der Waals surface area contributed by atoms with Crippen LogP contribution in [-0.4, -0.2) is 20.7 Å². The predicted octanol–water partition coefficient (Wildman–Crippen LogP) is 1.28. The average molecular weight is 263 g/mol. The molecule has 0 radical (unpaired) electrons.